The highest BCUT2D eigenvalue weighted by atomic mass is 16.6. The molecule has 1 aromatic carbocycles. The van der Waals surface area contributed by atoms with Gasteiger partial charge in [0.1, 0.15) is 18.8 Å². The Kier molecular flexibility index (Phi) is 5.75. The van der Waals surface area contributed by atoms with Gasteiger partial charge in [-0.25, -0.2) is 0 Å². The van der Waals surface area contributed by atoms with Gasteiger partial charge in [0, 0.05) is 13.1 Å². The number of nitrogens with zero attached hydrogens (tertiary/aromatic N) is 1. The number of nitrogens with one attached hydrogen (secondary N) is 2. The Bertz CT molecular complexity index is 622. The number of ether oxygens (including phenoxy) is 2. The lowest BCUT2D eigenvalue weighted by molar-refractivity contribution is -0.129. The van der Waals surface area contributed by atoms with Crippen LogP contribution < -0.4 is 20.1 Å². The van der Waals surface area contributed by atoms with Crippen LogP contribution in [0.25, 0.3) is 0 Å². The molecule has 1 fully saturated rings. The quantitative estimate of drug-likeness (QED) is 0.813. The van der Waals surface area contributed by atoms with Gasteiger partial charge < -0.3 is 20.1 Å². The third-order valence-corrected chi connectivity index (χ3v) is 4.37. The molecule has 2 aliphatic rings. The maximum absolute atomic E-state index is 12.2. The van der Waals surface area contributed by atoms with Crippen LogP contribution in [-0.4, -0.2) is 62.1 Å². The second-order valence-electron chi connectivity index (χ2n) is 6.60. The zero-order valence-corrected chi connectivity index (χ0v) is 14.5. The molecule has 3 rings (SSSR count). The van der Waals surface area contributed by atoms with Crippen LogP contribution in [0.15, 0.2) is 24.3 Å². The summed E-state index contributed by atoms with van der Waals surface area (Å²) in [6.45, 7) is 1.92. The molecule has 2 heterocycles. The number of likely N-dealkylation sites (N-methyl/N-ethyl adjacent to an activating group) is 1. The number of benzene rings is 1. The molecule has 1 saturated heterocycles. The fraction of sp³-hybridized carbons (Fsp3) is 0.556. The minimum absolute atomic E-state index is 0.0888. The number of rotatable bonds is 5. The highest BCUT2D eigenvalue weighted by Crippen LogP contribution is 2.30. The summed E-state index contributed by atoms with van der Waals surface area (Å²) >= 11 is 0. The number of hydrogen-bond donors (Lipinski definition) is 2. The summed E-state index contributed by atoms with van der Waals surface area (Å²) in [5.74, 6) is 1.24. The molecular weight excluding hydrogens is 322 g/mol. The van der Waals surface area contributed by atoms with Crippen molar-refractivity contribution in [3.63, 3.8) is 0 Å². The Labute approximate surface area is 147 Å². The van der Waals surface area contributed by atoms with Crippen LogP contribution in [0.2, 0.25) is 0 Å². The van der Waals surface area contributed by atoms with Crippen molar-refractivity contribution in [2.45, 2.75) is 31.4 Å². The van der Waals surface area contributed by atoms with Crippen molar-refractivity contribution in [2.24, 2.45) is 0 Å². The van der Waals surface area contributed by atoms with E-state index >= 15 is 0 Å². The molecule has 0 bridgehead atoms. The van der Waals surface area contributed by atoms with E-state index in [2.05, 4.69) is 10.6 Å². The Balaban J connectivity index is 1.45. The SMILES string of the molecule is CN(CC(=O)N[C@H]1CCCCNC1=O)C[C@@H]1COc2ccccc2O1. The average Bonchev–Trinajstić information content (AvgIpc) is 2.79. The summed E-state index contributed by atoms with van der Waals surface area (Å²) in [6, 6.07) is 7.13. The first-order valence-electron chi connectivity index (χ1n) is 8.76. The minimum Gasteiger partial charge on any atom is -0.486 e. The van der Waals surface area contributed by atoms with Crippen molar-refractivity contribution < 1.29 is 19.1 Å². The minimum atomic E-state index is -0.426. The highest BCUT2D eigenvalue weighted by Gasteiger charge is 2.25. The maximum atomic E-state index is 12.2. The summed E-state index contributed by atoms with van der Waals surface area (Å²) in [5, 5.41) is 5.65. The van der Waals surface area contributed by atoms with E-state index in [-0.39, 0.29) is 24.5 Å². The summed E-state index contributed by atoms with van der Waals surface area (Å²) in [6.07, 6.45) is 2.45. The van der Waals surface area contributed by atoms with Gasteiger partial charge in [0.05, 0.1) is 6.54 Å². The molecule has 25 heavy (non-hydrogen) atoms. The Morgan fingerprint density at radius 2 is 2.12 bits per heavy atom. The molecule has 0 aromatic heterocycles. The first kappa shape index (κ1) is 17.5. The molecule has 0 aliphatic carbocycles. The van der Waals surface area contributed by atoms with Crippen molar-refractivity contribution in [3.05, 3.63) is 24.3 Å². The Morgan fingerprint density at radius 3 is 2.96 bits per heavy atom. The van der Waals surface area contributed by atoms with Gasteiger partial charge >= 0.3 is 0 Å². The smallest absolute Gasteiger partial charge is 0.242 e. The van der Waals surface area contributed by atoms with E-state index < -0.39 is 6.04 Å². The van der Waals surface area contributed by atoms with E-state index in [0.717, 1.165) is 24.3 Å². The molecule has 0 saturated carbocycles. The first-order chi connectivity index (χ1) is 12.1. The van der Waals surface area contributed by atoms with Gasteiger partial charge in [-0.1, -0.05) is 12.1 Å². The summed E-state index contributed by atoms with van der Waals surface area (Å²) in [4.78, 5) is 26.0. The van der Waals surface area contributed by atoms with E-state index in [4.69, 9.17) is 9.47 Å². The maximum Gasteiger partial charge on any atom is 0.242 e. The average molecular weight is 347 g/mol. The standard InChI is InChI=1S/C18H25N3O4/c1-21(10-13-12-24-15-7-2-3-8-16(15)25-13)11-17(22)20-14-6-4-5-9-19-18(14)23/h2-3,7-8,13-14H,4-6,9-12H2,1H3,(H,19,23)(H,20,22)/t13-,14+/m1/s1. The van der Waals surface area contributed by atoms with Crippen molar-refractivity contribution in [1.82, 2.24) is 15.5 Å². The van der Waals surface area contributed by atoms with Crippen LogP contribution in [0, 0.1) is 0 Å². The van der Waals surface area contributed by atoms with Gasteiger partial charge in [-0.15, -0.1) is 0 Å². The normalized spacial score (nSPS) is 22.9. The monoisotopic (exact) mass is 347 g/mol. The van der Waals surface area contributed by atoms with Crippen molar-refractivity contribution in [1.29, 1.82) is 0 Å². The first-order valence-corrected chi connectivity index (χ1v) is 8.76. The number of para-hydroxylation sites is 2. The van der Waals surface area contributed by atoms with Crippen molar-refractivity contribution in [3.8, 4) is 11.5 Å². The molecule has 0 spiro atoms. The largest absolute Gasteiger partial charge is 0.486 e. The topological polar surface area (TPSA) is 79.9 Å². The number of fused-ring (bicyclic) bond motifs is 1. The Hall–Kier alpha value is -2.28. The third-order valence-electron chi connectivity index (χ3n) is 4.37. The fourth-order valence-corrected chi connectivity index (χ4v) is 3.13. The van der Waals surface area contributed by atoms with Crippen LogP contribution >= 0.6 is 0 Å². The second-order valence-corrected chi connectivity index (χ2v) is 6.60. The molecule has 2 aliphatic heterocycles. The van der Waals surface area contributed by atoms with E-state index in [1.54, 1.807) is 0 Å². The lowest BCUT2D eigenvalue weighted by Gasteiger charge is -2.29. The van der Waals surface area contributed by atoms with E-state index in [0.29, 0.717) is 26.1 Å². The molecule has 7 nitrogen and oxygen atoms in total. The van der Waals surface area contributed by atoms with E-state index in [1.807, 2.05) is 36.2 Å². The molecule has 2 atom stereocenters. The molecule has 1 aromatic rings. The van der Waals surface area contributed by atoms with Crippen LogP contribution in [0.4, 0.5) is 0 Å². The van der Waals surface area contributed by atoms with E-state index in [1.165, 1.54) is 0 Å². The lowest BCUT2D eigenvalue weighted by Crippen LogP contribution is -2.49. The predicted octanol–water partition coefficient (Wildman–Crippen LogP) is 0.543. The van der Waals surface area contributed by atoms with Crippen LogP contribution in [0.3, 0.4) is 0 Å². The molecule has 0 radical (unpaired) electrons. The van der Waals surface area contributed by atoms with Gasteiger partial charge in [-0.05, 0) is 38.4 Å². The molecule has 0 unspecified atom stereocenters. The molecule has 136 valence electrons. The predicted molar refractivity (Wildman–Crippen MR) is 92.6 cm³/mol. The van der Waals surface area contributed by atoms with Crippen LogP contribution in [0.5, 0.6) is 11.5 Å². The molecular formula is C18H25N3O4. The number of amides is 2. The summed E-state index contributed by atoms with van der Waals surface area (Å²) in [7, 11) is 1.86. The molecule has 2 N–H and O–H groups in total. The fourth-order valence-electron chi connectivity index (χ4n) is 3.13. The van der Waals surface area contributed by atoms with Gasteiger partial charge in [0.25, 0.3) is 0 Å². The summed E-state index contributed by atoms with van der Waals surface area (Å²) < 4.78 is 11.6. The van der Waals surface area contributed by atoms with E-state index in [9.17, 15) is 9.59 Å². The van der Waals surface area contributed by atoms with Gasteiger partial charge in [-0.2, -0.15) is 0 Å². The highest BCUT2D eigenvalue weighted by molar-refractivity contribution is 5.88. The van der Waals surface area contributed by atoms with Gasteiger partial charge in [-0.3, -0.25) is 14.5 Å². The molecule has 2 amide bonds. The van der Waals surface area contributed by atoms with Gasteiger partial charge in [0.15, 0.2) is 11.5 Å². The van der Waals surface area contributed by atoms with Gasteiger partial charge in [0.2, 0.25) is 11.8 Å². The summed E-state index contributed by atoms with van der Waals surface area (Å²) in [5.41, 5.74) is 0. The number of carbonyl (C=O) groups is 2. The number of hydrogen-bond acceptors (Lipinski definition) is 5. The van der Waals surface area contributed by atoms with Crippen LogP contribution in [0.1, 0.15) is 19.3 Å². The number of carbonyl (C=O) groups excluding carboxylic acids is 2. The molecule has 7 heteroatoms. The van der Waals surface area contributed by atoms with Crippen molar-refractivity contribution >= 4 is 11.8 Å². The second kappa shape index (κ2) is 8.20. The zero-order valence-electron chi connectivity index (χ0n) is 14.5. The van der Waals surface area contributed by atoms with Crippen LogP contribution in [-0.2, 0) is 9.59 Å². The lowest BCUT2D eigenvalue weighted by atomic mass is 10.1. The zero-order chi connectivity index (χ0) is 17.6. The third kappa shape index (κ3) is 4.85. The Morgan fingerprint density at radius 1 is 1.32 bits per heavy atom. The van der Waals surface area contributed by atoms with Crippen molar-refractivity contribution in [2.75, 3.05) is 33.3 Å².